The minimum atomic E-state index is -0.666. The first-order chi connectivity index (χ1) is 17.5. The van der Waals surface area contributed by atoms with Crippen LogP contribution in [-0.2, 0) is 14.4 Å². The van der Waals surface area contributed by atoms with Gasteiger partial charge in [0.05, 0.1) is 25.0 Å². The third kappa shape index (κ3) is 4.52. The number of likely N-dealkylation sites (tertiary alicyclic amines) is 2. The summed E-state index contributed by atoms with van der Waals surface area (Å²) in [6.45, 7) is 0.149. The predicted octanol–water partition coefficient (Wildman–Crippen LogP) is 2.63. The molecule has 2 heterocycles. The summed E-state index contributed by atoms with van der Waals surface area (Å²) in [6, 6.07) is 26.7. The Bertz CT molecular complexity index is 1220. The summed E-state index contributed by atoms with van der Waals surface area (Å²) in [7, 11) is 0. The van der Waals surface area contributed by atoms with Crippen LogP contribution in [0, 0.1) is 0 Å². The lowest BCUT2D eigenvalue weighted by molar-refractivity contribution is -0.137. The van der Waals surface area contributed by atoms with Crippen molar-refractivity contribution in [3.8, 4) is 0 Å². The number of nitrogens with zero attached hydrogens (tertiary/aromatic N) is 2. The van der Waals surface area contributed by atoms with Crippen LogP contribution in [0.2, 0.25) is 0 Å². The molecule has 2 atom stereocenters. The van der Waals surface area contributed by atoms with Crippen LogP contribution in [-0.4, -0.2) is 65.0 Å². The van der Waals surface area contributed by atoms with Gasteiger partial charge in [0.2, 0.25) is 11.8 Å². The zero-order valence-electron chi connectivity index (χ0n) is 19.7. The summed E-state index contributed by atoms with van der Waals surface area (Å²) in [4.78, 5) is 55.3. The van der Waals surface area contributed by atoms with Gasteiger partial charge < -0.3 is 15.1 Å². The highest BCUT2D eigenvalue weighted by atomic mass is 16.2. The van der Waals surface area contributed by atoms with E-state index < -0.39 is 12.0 Å². The molecule has 36 heavy (non-hydrogen) atoms. The number of rotatable bonds is 6. The fourth-order valence-electron chi connectivity index (χ4n) is 5.27. The molecule has 3 amide bonds. The smallest absolute Gasteiger partial charge is 0.254 e. The summed E-state index contributed by atoms with van der Waals surface area (Å²) in [5.74, 6) is -1.51. The first-order valence-corrected chi connectivity index (χ1v) is 12.1. The molecule has 2 aliphatic heterocycles. The van der Waals surface area contributed by atoms with Gasteiger partial charge in [0.15, 0.2) is 5.78 Å². The van der Waals surface area contributed by atoms with E-state index >= 15 is 0 Å². The van der Waals surface area contributed by atoms with Gasteiger partial charge in [-0.05, 0) is 29.7 Å². The van der Waals surface area contributed by atoms with E-state index in [0.29, 0.717) is 18.5 Å². The van der Waals surface area contributed by atoms with Gasteiger partial charge in [-0.2, -0.15) is 0 Å². The van der Waals surface area contributed by atoms with Crippen molar-refractivity contribution in [2.45, 2.75) is 24.4 Å². The second kappa shape index (κ2) is 10.2. The average molecular weight is 482 g/mol. The van der Waals surface area contributed by atoms with Crippen LogP contribution in [0.4, 0.5) is 0 Å². The van der Waals surface area contributed by atoms with Crippen molar-refractivity contribution in [2.75, 3.05) is 19.6 Å². The van der Waals surface area contributed by atoms with Gasteiger partial charge in [-0.3, -0.25) is 19.2 Å². The molecule has 0 unspecified atom stereocenters. The molecule has 0 aliphatic carbocycles. The van der Waals surface area contributed by atoms with Crippen LogP contribution in [0.1, 0.15) is 33.8 Å². The number of benzene rings is 3. The quantitative estimate of drug-likeness (QED) is 0.587. The van der Waals surface area contributed by atoms with Crippen molar-refractivity contribution in [3.05, 3.63) is 108 Å². The van der Waals surface area contributed by atoms with E-state index in [9.17, 15) is 19.2 Å². The molecule has 0 spiro atoms. The molecule has 5 rings (SSSR count). The Morgan fingerprint density at radius 2 is 1.36 bits per heavy atom. The van der Waals surface area contributed by atoms with Crippen LogP contribution in [0.25, 0.3) is 0 Å². The third-order valence-corrected chi connectivity index (χ3v) is 6.97. The number of fused-ring (bicyclic) bond motifs is 1. The Hall–Kier alpha value is -4.26. The predicted molar refractivity (Wildman–Crippen MR) is 134 cm³/mol. The molecule has 3 aromatic carbocycles. The molecule has 1 N–H and O–H groups in total. The van der Waals surface area contributed by atoms with E-state index in [1.807, 2.05) is 66.7 Å². The van der Waals surface area contributed by atoms with Gasteiger partial charge in [0.25, 0.3) is 5.91 Å². The fourth-order valence-corrected chi connectivity index (χ4v) is 5.27. The Balaban J connectivity index is 1.26. The standard InChI is InChI=1S/C29H27N3O4/c33-24-19-32(29(36)22-14-8-3-9-15-22)23-16-17-31(27(23)24)25(34)18-30-28(35)26(20-10-4-1-5-11-20)21-12-6-2-7-13-21/h1-15,23,26-27H,16-19H2,(H,30,35)/t23-,27+/m1/s1. The lowest BCUT2D eigenvalue weighted by atomic mass is 9.90. The number of nitrogens with one attached hydrogen (secondary N) is 1. The molecule has 7 nitrogen and oxygen atoms in total. The van der Waals surface area contributed by atoms with Crippen LogP contribution in [0.15, 0.2) is 91.0 Å². The largest absolute Gasteiger partial charge is 0.346 e. The minimum absolute atomic E-state index is 0.0106. The Labute approximate surface area is 209 Å². The number of Topliss-reactive ketones (excluding diaryl/α,β-unsaturated/α-hetero) is 1. The number of ketones is 1. The van der Waals surface area contributed by atoms with Crippen LogP contribution < -0.4 is 5.32 Å². The maximum Gasteiger partial charge on any atom is 0.254 e. The minimum Gasteiger partial charge on any atom is -0.346 e. The normalized spacial score (nSPS) is 18.9. The number of carbonyl (C=O) groups is 4. The highest BCUT2D eigenvalue weighted by molar-refractivity contribution is 6.02. The van der Waals surface area contributed by atoms with E-state index in [1.165, 1.54) is 4.90 Å². The molecule has 3 aromatic rings. The van der Waals surface area contributed by atoms with E-state index in [1.54, 1.807) is 29.2 Å². The van der Waals surface area contributed by atoms with Gasteiger partial charge in [-0.25, -0.2) is 0 Å². The number of hydrogen-bond acceptors (Lipinski definition) is 4. The Morgan fingerprint density at radius 3 is 1.94 bits per heavy atom. The highest BCUT2D eigenvalue weighted by Crippen LogP contribution is 2.31. The number of hydrogen-bond donors (Lipinski definition) is 1. The Kier molecular flexibility index (Phi) is 6.62. The molecular weight excluding hydrogens is 454 g/mol. The van der Waals surface area contributed by atoms with Crippen molar-refractivity contribution in [3.63, 3.8) is 0 Å². The van der Waals surface area contributed by atoms with Crippen molar-refractivity contribution in [1.29, 1.82) is 0 Å². The molecule has 2 aliphatic rings. The fraction of sp³-hybridized carbons (Fsp3) is 0.241. The average Bonchev–Trinajstić information content (AvgIpc) is 3.50. The van der Waals surface area contributed by atoms with Gasteiger partial charge >= 0.3 is 0 Å². The summed E-state index contributed by atoms with van der Waals surface area (Å²) < 4.78 is 0. The van der Waals surface area contributed by atoms with Crippen LogP contribution in [0.5, 0.6) is 0 Å². The molecule has 7 heteroatoms. The molecular formula is C29H27N3O4. The maximum absolute atomic E-state index is 13.3. The third-order valence-electron chi connectivity index (χ3n) is 6.97. The first-order valence-electron chi connectivity index (χ1n) is 12.1. The molecule has 2 fully saturated rings. The molecule has 2 saturated heterocycles. The lowest BCUT2D eigenvalue weighted by Gasteiger charge is -2.25. The number of carbonyl (C=O) groups excluding carboxylic acids is 4. The second-order valence-electron chi connectivity index (χ2n) is 9.13. The molecule has 182 valence electrons. The summed E-state index contributed by atoms with van der Waals surface area (Å²) >= 11 is 0. The monoisotopic (exact) mass is 481 g/mol. The van der Waals surface area contributed by atoms with Crippen molar-refractivity contribution >= 4 is 23.5 Å². The van der Waals surface area contributed by atoms with Gasteiger partial charge in [-0.1, -0.05) is 78.9 Å². The molecule has 0 radical (unpaired) electrons. The van der Waals surface area contributed by atoms with Gasteiger partial charge in [0.1, 0.15) is 6.04 Å². The second-order valence-corrected chi connectivity index (χ2v) is 9.13. The van der Waals surface area contributed by atoms with Crippen LogP contribution >= 0.6 is 0 Å². The maximum atomic E-state index is 13.3. The Morgan fingerprint density at radius 1 is 0.806 bits per heavy atom. The van der Waals surface area contributed by atoms with Crippen molar-refractivity contribution in [2.24, 2.45) is 0 Å². The molecule has 0 aromatic heterocycles. The molecule has 0 saturated carbocycles. The van der Waals surface area contributed by atoms with Gasteiger partial charge in [0, 0.05) is 12.1 Å². The summed E-state index contributed by atoms with van der Waals surface area (Å²) in [5, 5.41) is 2.79. The first kappa shape index (κ1) is 23.5. The van der Waals surface area contributed by atoms with Crippen molar-refractivity contribution in [1.82, 2.24) is 15.1 Å². The number of amides is 3. The topological polar surface area (TPSA) is 86.8 Å². The van der Waals surface area contributed by atoms with Crippen molar-refractivity contribution < 1.29 is 19.2 Å². The zero-order valence-corrected chi connectivity index (χ0v) is 19.7. The lowest BCUT2D eigenvalue weighted by Crippen LogP contribution is -2.47. The summed E-state index contributed by atoms with van der Waals surface area (Å²) in [6.07, 6.45) is 0.533. The van der Waals surface area contributed by atoms with E-state index in [0.717, 1.165) is 11.1 Å². The highest BCUT2D eigenvalue weighted by Gasteiger charge is 2.51. The zero-order chi connectivity index (χ0) is 25.1. The van der Waals surface area contributed by atoms with E-state index in [2.05, 4.69) is 5.32 Å². The van der Waals surface area contributed by atoms with Gasteiger partial charge in [-0.15, -0.1) is 0 Å². The van der Waals surface area contributed by atoms with E-state index in [-0.39, 0.29) is 42.6 Å². The molecule has 0 bridgehead atoms. The SMILES string of the molecule is O=C(NCC(=O)N1CC[C@@H]2[C@H]1C(=O)CN2C(=O)c1ccccc1)C(c1ccccc1)c1ccccc1. The summed E-state index contributed by atoms with van der Waals surface area (Å²) in [5.41, 5.74) is 2.18. The van der Waals surface area contributed by atoms with E-state index in [4.69, 9.17) is 0 Å². The van der Waals surface area contributed by atoms with Crippen LogP contribution in [0.3, 0.4) is 0 Å².